The number of benzene rings is 2. The first kappa shape index (κ1) is 23.7. The van der Waals surface area contributed by atoms with E-state index in [1.165, 1.54) is 16.7 Å². The minimum Gasteiger partial charge on any atom is -0.347 e. The number of aryl methyl sites for hydroxylation is 2. The van der Waals surface area contributed by atoms with E-state index in [9.17, 15) is 4.79 Å². The first-order valence-corrected chi connectivity index (χ1v) is 12.0. The quantitative estimate of drug-likeness (QED) is 0.554. The van der Waals surface area contributed by atoms with E-state index < -0.39 is 5.54 Å². The second-order valence-corrected chi connectivity index (χ2v) is 9.75. The topological polar surface area (TPSA) is 84.8 Å². The fraction of sp³-hybridized carbons (Fsp3) is 0.393. The summed E-state index contributed by atoms with van der Waals surface area (Å²) in [5.74, 6) is 0.737. The number of rotatable bonds is 7. The maximum Gasteiger partial charge on any atom is 0.225 e. The van der Waals surface area contributed by atoms with Gasteiger partial charge in [0.1, 0.15) is 5.82 Å². The van der Waals surface area contributed by atoms with Gasteiger partial charge in [-0.3, -0.25) is 9.69 Å². The summed E-state index contributed by atoms with van der Waals surface area (Å²) in [5.41, 5.74) is 4.89. The van der Waals surface area contributed by atoms with Crippen LogP contribution < -0.4 is 5.32 Å². The Bertz CT molecular complexity index is 1160. The van der Waals surface area contributed by atoms with Crippen LogP contribution in [0.3, 0.4) is 0 Å². The Hall–Kier alpha value is -3.43. The second kappa shape index (κ2) is 10.2. The van der Waals surface area contributed by atoms with E-state index in [0.29, 0.717) is 12.0 Å². The maximum absolute atomic E-state index is 13.5. The molecule has 0 bridgehead atoms. The molecule has 6 nitrogen and oxygen atoms in total. The van der Waals surface area contributed by atoms with Gasteiger partial charge in [0.15, 0.2) is 0 Å². The Morgan fingerprint density at radius 1 is 1.26 bits per heavy atom. The van der Waals surface area contributed by atoms with E-state index in [4.69, 9.17) is 5.26 Å². The molecule has 1 aliphatic heterocycles. The molecule has 2 aromatic carbocycles. The van der Waals surface area contributed by atoms with Crippen molar-refractivity contribution in [3.05, 3.63) is 88.5 Å². The van der Waals surface area contributed by atoms with E-state index in [2.05, 4.69) is 58.3 Å². The molecule has 1 amide bonds. The van der Waals surface area contributed by atoms with Gasteiger partial charge >= 0.3 is 0 Å². The van der Waals surface area contributed by atoms with Crippen LogP contribution in [0.5, 0.6) is 0 Å². The number of hydrogen-bond donors (Lipinski definition) is 2. The molecular weight excluding hydrogens is 422 g/mol. The van der Waals surface area contributed by atoms with Gasteiger partial charge in [-0.25, -0.2) is 4.98 Å². The van der Waals surface area contributed by atoms with Crippen molar-refractivity contribution in [3.8, 4) is 6.07 Å². The smallest absolute Gasteiger partial charge is 0.225 e. The zero-order valence-electron chi connectivity index (χ0n) is 20.3. The molecule has 1 unspecified atom stereocenters. The molecule has 2 heterocycles. The van der Waals surface area contributed by atoms with Gasteiger partial charge in [0.05, 0.1) is 23.1 Å². The highest BCUT2D eigenvalue weighted by Gasteiger charge is 2.35. The van der Waals surface area contributed by atoms with Gasteiger partial charge in [0, 0.05) is 31.9 Å². The first-order valence-electron chi connectivity index (χ1n) is 12.0. The third-order valence-electron chi connectivity index (χ3n) is 6.84. The number of carbonyl (C=O) groups excluding carboxylic acids is 1. The largest absolute Gasteiger partial charge is 0.347 e. The Labute approximate surface area is 202 Å². The molecule has 0 saturated carbocycles. The van der Waals surface area contributed by atoms with Crippen LogP contribution in [0.2, 0.25) is 0 Å². The predicted octanol–water partition coefficient (Wildman–Crippen LogP) is 4.38. The fourth-order valence-corrected chi connectivity index (χ4v) is 4.86. The summed E-state index contributed by atoms with van der Waals surface area (Å²) in [4.78, 5) is 23.6. The first-order chi connectivity index (χ1) is 16.4. The van der Waals surface area contributed by atoms with Crippen LogP contribution in [0.25, 0.3) is 0 Å². The number of likely N-dealkylation sites (tertiary alicyclic amines) is 1. The molecule has 4 rings (SSSR count). The summed E-state index contributed by atoms with van der Waals surface area (Å²) in [6.45, 7) is 8.93. The number of nitrogens with zero attached hydrogens (tertiary/aromatic N) is 3. The van der Waals surface area contributed by atoms with Crippen LogP contribution in [0.4, 0.5) is 0 Å². The number of hydrogen-bond acceptors (Lipinski definition) is 4. The van der Waals surface area contributed by atoms with Crippen molar-refractivity contribution in [1.82, 2.24) is 20.2 Å². The summed E-state index contributed by atoms with van der Waals surface area (Å²) < 4.78 is 0. The van der Waals surface area contributed by atoms with Gasteiger partial charge < -0.3 is 10.3 Å². The molecule has 2 N–H and O–H groups in total. The Kier molecular flexibility index (Phi) is 7.14. The van der Waals surface area contributed by atoms with Crippen molar-refractivity contribution < 1.29 is 4.79 Å². The van der Waals surface area contributed by atoms with E-state index in [0.717, 1.165) is 43.9 Å². The molecule has 6 heteroatoms. The Balaban J connectivity index is 1.47. The van der Waals surface area contributed by atoms with Crippen molar-refractivity contribution in [2.75, 3.05) is 13.1 Å². The summed E-state index contributed by atoms with van der Waals surface area (Å²) in [5, 5.41) is 12.4. The molecule has 176 valence electrons. The number of nitrogens with one attached hydrogen (secondary N) is 2. The third-order valence-corrected chi connectivity index (χ3v) is 6.84. The summed E-state index contributed by atoms with van der Waals surface area (Å²) in [7, 11) is 0. The van der Waals surface area contributed by atoms with Gasteiger partial charge in [-0.15, -0.1) is 0 Å². The SMILES string of the molecule is Cc1ccc(C)c(CN2CCC[C@H](C(=O)NC(C)(Cc3ccc(C#N)cc3)c3ncc[nH]3)C2)c1. The minimum atomic E-state index is -0.676. The third kappa shape index (κ3) is 5.55. The number of carbonyl (C=O) groups is 1. The number of aromatic amines is 1. The number of aromatic nitrogens is 2. The highest BCUT2D eigenvalue weighted by Crippen LogP contribution is 2.26. The molecule has 3 aromatic rings. The molecule has 0 spiro atoms. The molecule has 0 radical (unpaired) electrons. The van der Waals surface area contributed by atoms with Crippen molar-refractivity contribution >= 4 is 5.91 Å². The van der Waals surface area contributed by atoms with Crippen LogP contribution in [0.1, 0.15) is 53.4 Å². The van der Waals surface area contributed by atoms with E-state index in [1.807, 2.05) is 31.2 Å². The summed E-state index contributed by atoms with van der Waals surface area (Å²) in [6, 6.07) is 16.2. The summed E-state index contributed by atoms with van der Waals surface area (Å²) in [6.07, 6.45) is 5.98. The zero-order chi connectivity index (χ0) is 24.1. The minimum absolute atomic E-state index is 0.0610. The normalized spacial score (nSPS) is 18.1. The average molecular weight is 456 g/mol. The van der Waals surface area contributed by atoms with Gasteiger partial charge in [-0.1, -0.05) is 35.9 Å². The van der Waals surface area contributed by atoms with E-state index >= 15 is 0 Å². The summed E-state index contributed by atoms with van der Waals surface area (Å²) >= 11 is 0. The van der Waals surface area contributed by atoms with Crippen molar-refractivity contribution in [1.29, 1.82) is 5.26 Å². The number of amides is 1. The predicted molar refractivity (Wildman–Crippen MR) is 133 cm³/mol. The average Bonchev–Trinajstić information content (AvgIpc) is 3.38. The zero-order valence-corrected chi connectivity index (χ0v) is 20.3. The highest BCUT2D eigenvalue weighted by atomic mass is 16.2. The lowest BCUT2D eigenvalue weighted by atomic mass is 9.89. The lowest BCUT2D eigenvalue weighted by Crippen LogP contribution is -2.51. The molecule has 2 atom stereocenters. The number of imidazole rings is 1. The van der Waals surface area contributed by atoms with Crippen LogP contribution in [0.15, 0.2) is 54.9 Å². The highest BCUT2D eigenvalue weighted by molar-refractivity contribution is 5.80. The van der Waals surface area contributed by atoms with Gasteiger partial charge in [0.2, 0.25) is 5.91 Å². The van der Waals surface area contributed by atoms with E-state index in [1.54, 1.807) is 12.4 Å². The van der Waals surface area contributed by atoms with Crippen LogP contribution >= 0.6 is 0 Å². The van der Waals surface area contributed by atoms with Crippen molar-refractivity contribution in [3.63, 3.8) is 0 Å². The molecule has 34 heavy (non-hydrogen) atoms. The molecule has 0 aliphatic carbocycles. The molecule has 1 aromatic heterocycles. The van der Waals surface area contributed by atoms with Crippen LogP contribution in [0, 0.1) is 31.1 Å². The lowest BCUT2D eigenvalue weighted by molar-refractivity contribution is -0.128. The standard InChI is InChI=1S/C28H33N5O/c1-20-6-7-21(2)25(15-20)19-33-14-4-5-24(18-33)26(34)32-28(3,27-30-12-13-31-27)16-22-8-10-23(17-29)11-9-22/h6-13,15,24H,4-5,14,16,18-19H2,1-3H3,(H,30,31)(H,32,34)/t24-,28?/m0/s1. The van der Waals surface area contributed by atoms with Gasteiger partial charge in [0.25, 0.3) is 0 Å². The number of piperidine rings is 1. The van der Waals surface area contributed by atoms with Crippen LogP contribution in [-0.2, 0) is 23.3 Å². The Morgan fingerprint density at radius 2 is 2.06 bits per heavy atom. The van der Waals surface area contributed by atoms with Crippen LogP contribution in [-0.4, -0.2) is 33.9 Å². The monoisotopic (exact) mass is 455 g/mol. The molecule has 1 aliphatic rings. The van der Waals surface area contributed by atoms with Crippen molar-refractivity contribution in [2.45, 2.75) is 52.1 Å². The molecular formula is C28H33N5O. The number of H-pyrrole nitrogens is 1. The molecule has 1 fully saturated rings. The van der Waals surface area contributed by atoms with Gasteiger partial charge in [-0.05, 0) is 69.0 Å². The van der Waals surface area contributed by atoms with E-state index in [-0.39, 0.29) is 11.8 Å². The second-order valence-electron chi connectivity index (χ2n) is 9.75. The maximum atomic E-state index is 13.5. The fourth-order valence-electron chi connectivity index (χ4n) is 4.86. The van der Waals surface area contributed by atoms with Crippen molar-refractivity contribution in [2.24, 2.45) is 5.92 Å². The van der Waals surface area contributed by atoms with Gasteiger partial charge in [-0.2, -0.15) is 5.26 Å². The molecule has 1 saturated heterocycles. The lowest BCUT2D eigenvalue weighted by Gasteiger charge is -2.35. The Morgan fingerprint density at radius 3 is 2.76 bits per heavy atom. The number of nitriles is 1.